The number of carbonyl (C=O) groups is 2. The standard InChI is InChI=1S/C16H20N4O2S.ClH/c1-2-20(10-12-6-4-3-5-7-12)15(21)9-18-16(22)13-11-23-14(8-17)19-13;/h3-7,11H,2,8-10,17H2,1H3,(H,18,22);1H. The lowest BCUT2D eigenvalue weighted by atomic mass is 10.2. The molecular formula is C16H21ClN4O2S. The van der Waals surface area contributed by atoms with Crippen molar-refractivity contribution in [3.05, 3.63) is 52.0 Å². The summed E-state index contributed by atoms with van der Waals surface area (Å²) in [6.07, 6.45) is 0. The number of benzene rings is 1. The van der Waals surface area contributed by atoms with E-state index < -0.39 is 0 Å². The van der Waals surface area contributed by atoms with E-state index in [9.17, 15) is 9.59 Å². The van der Waals surface area contributed by atoms with Crippen molar-refractivity contribution in [3.8, 4) is 0 Å². The molecular weight excluding hydrogens is 348 g/mol. The van der Waals surface area contributed by atoms with E-state index in [1.54, 1.807) is 10.3 Å². The van der Waals surface area contributed by atoms with Crippen molar-refractivity contribution in [1.82, 2.24) is 15.2 Å². The van der Waals surface area contributed by atoms with Gasteiger partial charge in [0.25, 0.3) is 5.91 Å². The van der Waals surface area contributed by atoms with Crippen molar-refractivity contribution < 1.29 is 9.59 Å². The molecule has 0 fully saturated rings. The van der Waals surface area contributed by atoms with E-state index in [-0.39, 0.29) is 30.8 Å². The highest BCUT2D eigenvalue weighted by molar-refractivity contribution is 7.09. The fourth-order valence-electron chi connectivity index (χ4n) is 2.05. The van der Waals surface area contributed by atoms with Gasteiger partial charge in [-0.1, -0.05) is 30.3 Å². The Morgan fingerprint density at radius 1 is 1.29 bits per heavy atom. The quantitative estimate of drug-likeness (QED) is 0.780. The van der Waals surface area contributed by atoms with E-state index in [2.05, 4.69) is 10.3 Å². The van der Waals surface area contributed by atoms with Gasteiger partial charge in [0.1, 0.15) is 10.7 Å². The van der Waals surface area contributed by atoms with Crippen molar-refractivity contribution in [2.45, 2.75) is 20.0 Å². The van der Waals surface area contributed by atoms with E-state index in [0.29, 0.717) is 30.3 Å². The van der Waals surface area contributed by atoms with E-state index in [4.69, 9.17) is 5.73 Å². The molecule has 1 aromatic carbocycles. The highest BCUT2D eigenvalue weighted by Crippen LogP contribution is 2.08. The van der Waals surface area contributed by atoms with Crippen molar-refractivity contribution >= 4 is 35.6 Å². The van der Waals surface area contributed by atoms with E-state index in [0.717, 1.165) is 5.56 Å². The molecule has 0 atom stereocenters. The molecule has 1 heterocycles. The number of hydrogen-bond donors (Lipinski definition) is 2. The van der Waals surface area contributed by atoms with Gasteiger partial charge < -0.3 is 16.0 Å². The number of thiazole rings is 1. The summed E-state index contributed by atoms with van der Waals surface area (Å²) in [5.74, 6) is -0.482. The number of hydrogen-bond acceptors (Lipinski definition) is 5. The number of rotatable bonds is 7. The average Bonchev–Trinajstić information content (AvgIpc) is 3.07. The number of nitrogens with zero attached hydrogens (tertiary/aromatic N) is 2. The van der Waals surface area contributed by atoms with Crippen LogP contribution in [0.2, 0.25) is 0 Å². The lowest BCUT2D eigenvalue weighted by molar-refractivity contribution is -0.130. The molecule has 0 radical (unpaired) electrons. The molecule has 0 unspecified atom stereocenters. The Hall–Kier alpha value is -1.96. The molecule has 2 aromatic rings. The predicted octanol–water partition coefficient (Wildman–Crippen LogP) is 1.80. The summed E-state index contributed by atoms with van der Waals surface area (Å²) in [6.45, 7) is 3.28. The van der Waals surface area contributed by atoms with Crippen LogP contribution in [0.3, 0.4) is 0 Å². The number of aromatic nitrogens is 1. The average molecular weight is 369 g/mol. The Morgan fingerprint density at radius 3 is 2.58 bits per heavy atom. The van der Waals surface area contributed by atoms with Crippen LogP contribution in [-0.4, -0.2) is 34.8 Å². The minimum Gasteiger partial charge on any atom is -0.342 e. The van der Waals surface area contributed by atoms with Gasteiger partial charge in [-0.15, -0.1) is 23.7 Å². The molecule has 0 aliphatic heterocycles. The molecule has 0 saturated heterocycles. The lowest BCUT2D eigenvalue weighted by Crippen LogP contribution is -2.39. The van der Waals surface area contributed by atoms with Gasteiger partial charge in [0.15, 0.2) is 0 Å². The Balaban J connectivity index is 0.00000288. The molecule has 3 N–H and O–H groups in total. The maximum atomic E-state index is 12.2. The third kappa shape index (κ3) is 5.59. The van der Waals surface area contributed by atoms with Gasteiger partial charge in [0, 0.05) is 25.0 Å². The van der Waals surface area contributed by atoms with Crippen LogP contribution in [0.5, 0.6) is 0 Å². The zero-order valence-corrected chi connectivity index (χ0v) is 15.0. The molecule has 8 heteroatoms. The van der Waals surface area contributed by atoms with Crippen molar-refractivity contribution in [1.29, 1.82) is 0 Å². The van der Waals surface area contributed by atoms with Crippen LogP contribution in [0, 0.1) is 0 Å². The first-order valence-corrected chi connectivity index (χ1v) is 8.26. The third-order valence-corrected chi connectivity index (χ3v) is 4.18. The number of nitrogens with one attached hydrogen (secondary N) is 1. The normalized spacial score (nSPS) is 9.92. The van der Waals surface area contributed by atoms with Gasteiger partial charge in [-0.2, -0.15) is 0 Å². The molecule has 24 heavy (non-hydrogen) atoms. The Bertz CT molecular complexity index is 663. The number of nitrogens with two attached hydrogens (primary N) is 1. The molecule has 0 saturated carbocycles. The number of halogens is 1. The third-order valence-electron chi connectivity index (χ3n) is 3.31. The highest BCUT2D eigenvalue weighted by atomic mass is 35.5. The van der Waals surface area contributed by atoms with Crippen molar-refractivity contribution in [2.24, 2.45) is 5.73 Å². The molecule has 1 aromatic heterocycles. The van der Waals surface area contributed by atoms with Gasteiger partial charge in [0.05, 0.1) is 6.54 Å². The number of likely N-dealkylation sites (N-methyl/N-ethyl adjacent to an activating group) is 1. The summed E-state index contributed by atoms with van der Waals surface area (Å²) >= 11 is 1.33. The lowest BCUT2D eigenvalue weighted by Gasteiger charge is -2.21. The maximum Gasteiger partial charge on any atom is 0.271 e. The summed E-state index contributed by atoms with van der Waals surface area (Å²) in [4.78, 5) is 30.0. The molecule has 2 rings (SSSR count). The Kier molecular flexibility index (Phi) is 8.39. The minimum atomic E-state index is -0.356. The van der Waals surface area contributed by atoms with Gasteiger partial charge in [0.2, 0.25) is 5.91 Å². The van der Waals surface area contributed by atoms with E-state index in [1.165, 1.54) is 11.3 Å². The molecule has 0 aliphatic carbocycles. The first-order valence-electron chi connectivity index (χ1n) is 7.38. The zero-order chi connectivity index (χ0) is 16.7. The van der Waals surface area contributed by atoms with Crippen LogP contribution in [0.4, 0.5) is 0 Å². The fraction of sp³-hybridized carbons (Fsp3) is 0.312. The summed E-state index contributed by atoms with van der Waals surface area (Å²) in [6, 6.07) is 9.75. The molecule has 130 valence electrons. The van der Waals surface area contributed by atoms with Crippen LogP contribution in [0.15, 0.2) is 35.7 Å². The first-order chi connectivity index (χ1) is 11.1. The van der Waals surface area contributed by atoms with Gasteiger partial charge in [-0.05, 0) is 12.5 Å². The second-order valence-electron chi connectivity index (χ2n) is 4.91. The predicted molar refractivity (Wildman–Crippen MR) is 97.1 cm³/mol. The molecule has 2 amide bonds. The monoisotopic (exact) mass is 368 g/mol. The number of amides is 2. The van der Waals surface area contributed by atoms with Crippen molar-refractivity contribution in [2.75, 3.05) is 13.1 Å². The van der Waals surface area contributed by atoms with Crippen LogP contribution < -0.4 is 11.1 Å². The Morgan fingerprint density at radius 2 is 2.00 bits per heavy atom. The molecule has 0 spiro atoms. The van der Waals surface area contributed by atoms with Crippen LogP contribution in [0.1, 0.15) is 28.0 Å². The van der Waals surface area contributed by atoms with Gasteiger partial charge >= 0.3 is 0 Å². The molecule has 0 aliphatic rings. The van der Waals surface area contributed by atoms with E-state index >= 15 is 0 Å². The largest absolute Gasteiger partial charge is 0.342 e. The first kappa shape index (κ1) is 20.1. The summed E-state index contributed by atoms with van der Waals surface area (Å²) < 4.78 is 0. The van der Waals surface area contributed by atoms with Crippen molar-refractivity contribution in [3.63, 3.8) is 0 Å². The smallest absolute Gasteiger partial charge is 0.271 e. The van der Waals surface area contributed by atoms with Gasteiger partial charge in [-0.3, -0.25) is 9.59 Å². The van der Waals surface area contributed by atoms with Crippen LogP contribution >= 0.6 is 23.7 Å². The summed E-state index contributed by atoms with van der Waals surface area (Å²) in [5, 5.41) is 4.95. The molecule has 6 nitrogen and oxygen atoms in total. The fourth-order valence-corrected chi connectivity index (χ4v) is 2.70. The van der Waals surface area contributed by atoms with Gasteiger partial charge in [-0.25, -0.2) is 4.98 Å². The van der Waals surface area contributed by atoms with Crippen LogP contribution in [-0.2, 0) is 17.9 Å². The maximum absolute atomic E-state index is 12.2. The second kappa shape index (κ2) is 10.0. The molecule has 0 bridgehead atoms. The summed E-state index contributed by atoms with van der Waals surface area (Å²) in [7, 11) is 0. The topological polar surface area (TPSA) is 88.3 Å². The van der Waals surface area contributed by atoms with E-state index in [1.807, 2.05) is 37.3 Å². The van der Waals surface area contributed by atoms with Crippen LogP contribution in [0.25, 0.3) is 0 Å². The number of carbonyl (C=O) groups excluding carboxylic acids is 2. The minimum absolute atomic E-state index is 0. The second-order valence-corrected chi connectivity index (χ2v) is 5.85. The summed E-state index contributed by atoms with van der Waals surface area (Å²) in [5.41, 5.74) is 6.83. The highest BCUT2D eigenvalue weighted by Gasteiger charge is 2.15. The SMILES string of the molecule is CCN(Cc1ccccc1)C(=O)CNC(=O)c1csc(CN)n1.Cl. The Labute approximate surface area is 151 Å². The zero-order valence-electron chi connectivity index (χ0n) is 13.4.